The number of halogens is 2. The highest BCUT2D eigenvalue weighted by Crippen LogP contribution is 2.26. The minimum absolute atomic E-state index is 0.259. The number of nitriles is 1. The molecule has 0 saturated heterocycles. The first kappa shape index (κ1) is 14.5. The lowest BCUT2D eigenvalue weighted by molar-refractivity contribution is 0.296. The number of hydrogen-bond donors (Lipinski definition) is 0. The zero-order chi connectivity index (χ0) is 14.5. The molecule has 0 amide bonds. The van der Waals surface area contributed by atoms with E-state index in [0.29, 0.717) is 27.1 Å². The van der Waals surface area contributed by atoms with Crippen molar-refractivity contribution in [1.82, 2.24) is 0 Å². The molecule has 0 unspecified atom stereocenters. The standard InChI is InChI=1S/C15H11Cl2NO2/c1-19-15-3-2-10(8-18)4-11(15)9-20-14-6-12(16)5-13(17)7-14/h2-7H,9H2,1H3. The summed E-state index contributed by atoms with van der Waals surface area (Å²) in [5.41, 5.74) is 1.33. The van der Waals surface area contributed by atoms with Crippen LogP contribution in [0.4, 0.5) is 0 Å². The maximum absolute atomic E-state index is 8.92. The number of nitrogens with zero attached hydrogens (tertiary/aromatic N) is 1. The maximum atomic E-state index is 8.92. The Kier molecular flexibility index (Phi) is 4.73. The average Bonchev–Trinajstić information content (AvgIpc) is 2.43. The van der Waals surface area contributed by atoms with Crippen LogP contribution in [0.5, 0.6) is 11.5 Å². The molecule has 0 bridgehead atoms. The maximum Gasteiger partial charge on any atom is 0.125 e. The fraction of sp³-hybridized carbons (Fsp3) is 0.133. The highest BCUT2D eigenvalue weighted by atomic mass is 35.5. The Bertz CT molecular complexity index is 645. The van der Waals surface area contributed by atoms with Crippen molar-refractivity contribution in [3.63, 3.8) is 0 Å². The van der Waals surface area contributed by atoms with Crippen molar-refractivity contribution in [3.05, 3.63) is 57.6 Å². The number of methoxy groups -OCH3 is 1. The molecule has 0 spiro atoms. The first-order valence-corrected chi connectivity index (χ1v) is 6.54. The minimum atomic E-state index is 0.259. The van der Waals surface area contributed by atoms with Gasteiger partial charge in [-0.05, 0) is 36.4 Å². The van der Waals surface area contributed by atoms with Gasteiger partial charge in [0.1, 0.15) is 18.1 Å². The number of ether oxygens (including phenoxy) is 2. The van der Waals surface area contributed by atoms with Crippen molar-refractivity contribution in [3.8, 4) is 17.6 Å². The largest absolute Gasteiger partial charge is 0.496 e. The average molecular weight is 308 g/mol. The zero-order valence-corrected chi connectivity index (χ0v) is 12.2. The predicted molar refractivity (Wildman–Crippen MR) is 78.5 cm³/mol. The highest BCUT2D eigenvalue weighted by Gasteiger charge is 2.06. The summed E-state index contributed by atoms with van der Waals surface area (Å²) in [5, 5.41) is 9.93. The van der Waals surface area contributed by atoms with Crippen molar-refractivity contribution >= 4 is 23.2 Å². The Morgan fingerprint density at radius 2 is 1.80 bits per heavy atom. The molecule has 2 rings (SSSR count). The van der Waals surface area contributed by atoms with Crippen LogP contribution in [0.1, 0.15) is 11.1 Å². The van der Waals surface area contributed by atoms with Gasteiger partial charge < -0.3 is 9.47 Å². The van der Waals surface area contributed by atoms with E-state index < -0.39 is 0 Å². The Balaban J connectivity index is 2.19. The van der Waals surface area contributed by atoms with Crippen molar-refractivity contribution in [1.29, 1.82) is 5.26 Å². The van der Waals surface area contributed by atoms with Gasteiger partial charge in [-0.1, -0.05) is 23.2 Å². The van der Waals surface area contributed by atoms with E-state index in [1.54, 1.807) is 43.5 Å². The summed E-state index contributed by atoms with van der Waals surface area (Å²) in [7, 11) is 1.57. The van der Waals surface area contributed by atoms with Gasteiger partial charge in [-0.3, -0.25) is 0 Å². The third kappa shape index (κ3) is 3.57. The van der Waals surface area contributed by atoms with Crippen LogP contribution >= 0.6 is 23.2 Å². The number of benzene rings is 2. The van der Waals surface area contributed by atoms with Crippen LogP contribution in [0.3, 0.4) is 0 Å². The van der Waals surface area contributed by atoms with Crippen molar-refractivity contribution in [2.24, 2.45) is 0 Å². The Morgan fingerprint density at radius 3 is 2.40 bits per heavy atom. The van der Waals surface area contributed by atoms with Crippen LogP contribution in [-0.2, 0) is 6.61 Å². The van der Waals surface area contributed by atoms with Crippen LogP contribution in [0.15, 0.2) is 36.4 Å². The summed E-state index contributed by atoms with van der Waals surface area (Å²) in [5.74, 6) is 1.23. The molecule has 0 aliphatic heterocycles. The SMILES string of the molecule is COc1ccc(C#N)cc1COc1cc(Cl)cc(Cl)c1. The molecular formula is C15H11Cl2NO2. The Hall–Kier alpha value is -1.89. The fourth-order valence-corrected chi connectivity index (χ4v) is 2.24. The highest BCUT2D eigenvalue weighted by molar-refractivity contribution is 6.34. The van der Waals surface area contributed by atoms with Gasteiger partial charge in [0.05, 0.1) is 18.7 Å². The quantitative estimate of drug-likeness (QED) is 0.838. The van der Waals surface area contributed by atoms with Crippen LogP contribution in [-0.4, -0.2) is 7.11 Å². The van der Waals surface area contributed by atoms with E-state index in [4.69, 9.17) is 37.9 Å². The summed E-state index contributed by atoms with van der Waals surface area (Å²) < 4.78 is 10.9. The predicted octanol–water partition coefficient (Wildman–Crippen LogP) is 4.45. The van der Waals surface area contributed by atoms with Crippen LogP contribution in [0, 0.1) is 11.3 Å². The Morgan fingerprint density at radius 1 is 1.10 bits per heavy atom. The van der Waals surface area contributed by atoms with E-state index in [-0.39, 0.29) is 6.61 Å². The molecule has 0 heterocycles. The summed E-state index contributed by atoms with van der Waals surface area (Å²) >= 11 is 11.8. The van der Waals surface area contributed by atoms with Crippen LogP contribution in [0.2, 0.25) is 10.0 Å². The molecule has 0 aliphatic rings. The molecule has 0 atom stereocenters. The molecule has 102 valence electrons. The second-order valence-corrected chi connectivity index (χ2v) is 4.91. The number of hydrogen-bond acceptors (Lipinski definition) is 3. The lowest BCUT2D eigenvalue weighted by atomic mass is 10.1. The van der Waals surface area contributed by atoms with Gasteiger partial charge in [-0.25, -0.2) is 0 Å². The zero-order valence-electron chi connectivity index (χ0n) is 10.7. The van der Waals surface area contributed by atoms with Gasteiger partial charge >= 0.3 is 0 Å². The number of rotatable bonds is 4. The first-order chi connectivity index (χ1) is 9.62. The van der Waals surface area contributed by atoms with E-state index in [1.807, 2.05) is 0 Å². The Labute approximate surface area is 127 Å². The molecule has 0 fully saturated rings. The van der Waals surface area contributed by atoms with E-state index in [9.17, 15) is 0 Å². The molecule has 2 aromatic rings. The normalized spacial score (nSPS) is 9.90. The lowest BCUT2D eigenvalue weighted by Gasteiger charge is -2.11. The van der Waals surface area contributed by atoms with E-state index >= 15 is 0 Å². The molecule has 20 heavy (non-hydrogen) atoms. The van der Waals surface area contributed by atoms with E-state index in [0.717, 1.165) is 5.56 Å². The molecular weight excluding hydrogens is 297 g/mol. The van der Waals surface area contributed by atoms with Gasteiger partial charge in [0.2, 0.25) is 0 Å². The molecule has 0 saturated carbocycles. The molecule has 0 aromatic heterocycles. The minimum Gasteiger partial charge on any atom is -0.496 e. The smallest absolute Gasteiger partial charge is 0.125 e. The van der Waals surface area contributed by atoms with E-state index in [2.05, 4.69) is 6.07 Å². The third-order valence-electron chi connectivity index (χ3n) is 2.64. The monoisotopic (exact) mass is 307 g/mol. The van der Waals surface area contributed by atoms with Gasteiger partial charge in [0.25, 0.3) is 0 Å². The molecule has 0 radical (unpaired) electrons. The van der Waals surface area contributed by atoms with Gasteiger partial charge in [0, 0.05) is 15.6 Å². The summed E-state index contributed by atoms with van der Waals surface area (Å²) in [6.45, 7) is 0.259. The molecule has 2 aromatic carbocycles. The first-order valence-electron chi connectivity index (χ1n) is 5.78. The topological polar surface area (TPSA) is 42.2 Å². The second kappa shape index (κ2) is 6.51. The van der Waals surface area contributed by atoms with Crippen molar-refractivity contribution in [2.45, 2.75) is 6.61 Å². The molecule has 3 nitrogen and oxygen atoms in total. The van der Waals surface area contributed by atoms with Crippen molar-refractivity contribution in [2.75, 3.05) is 7.11 Å². The van der Waals surface area contributed by atoms with Gasteiger partial charge in [0.15, 0.2) is 0 Å². The summed E-state index contributed by atoms with van der Waals surface area (Å²) in [6, 6.07) is 12.2. The molecule has 0 N–H and O–H groups in total. The van der Waals surface area contributed by atoms with Gasteiger partial charge in [-0.15, -0.1) is 0 Å². The fourth-order valence-electron chi connectivity index (χ4n) is 1.73. The molecule has 5 heteroatoms. The van der Waals surface area contributed by atoms with Crippen LogP contribution in [0.25, 0.3) is 0 Å². The van der Waals surface area contributed by atoms with Gasteiger partial charge in [-0.2, -0.15) is 5.26 Å². The van der Waals surface area contributed by atoms with Crippen LogP contribution < -0.4 is 9.47 Å². The summed E-state index contributed by atoms with van der Waals surface area (Å²) in [4.78, 5) is 0. The lowest BCUT2D eigenvalue weighted by Crippen LogP contribution is -1.99. The van der Waals surface area contributed by atoms with Crippen molar-refractivity contribution < 1.29 is 9.47 Å². The summed E-state index contributed by atoms with van der Waals surface area (Å²) in [6.07, 6.45) is 0. The third-order valence-corrected chi connectivity index (χ3v) is 3.08. The second-order valence-electron chi connectivity index (χ2n) is 4.03. The molecule has 0 aliphatic carbocycles. The van der Waals surface area contributed by atoms with E-state index in [1.165, 1.54) is 0 Å².